The fourth-order valence-electron chi connectivity index (χ4n) is 5.87. The number of quaternary nitrogens is 1. The van der Waals surface area contributed by atoms with E-state index in [1.165, 1.54) is 44.9 Å². The van der Waals surface area contributed by atoms with Crippen LogP contribution in [0.4, 0.5) is 0 Å². The molecule has 1 aliphatic carbocycles. The average Bonchev–Trinajstić information content (AvgIpc) is 3.57. The third kappa shape index (κ3) is 12.6. The topological polar surface area (TPSA) is 113 Å². The van der Waals surface area contributed by atoms with Crippen LogP contribution in [0.2, 0.25) is 0 Å². The number of likely N-dealkylation sites (tertiary alicyclic amines) is 1. The molecule has 1 N–H and O–H groups in total. The second-order valence-electron chi connectivity index (χ2n) is 12.2. The van der Waals surface area contributed by atoms with Gasteiger partial charge in [0, 0.05) is 12.3 Å². The maximum absolute atomic E-state index is 12.9. The Hall–Kier alpha value is -1.52. The molecule has 2 atom stereocenters. The molecule has 0 radical (unpaired) electrons. The summed E-state index contributed by atoms with van der Waals surface area (Å²) in [5, 5.41) is 11.4. The minimum atomic E-state index is -4.48. The molecule has 1 aromatic rings. The van der Waals surface area contributed by atoms with Gasteiger partial charge in [-0.3, -0.25) is 4.18 Å². The summed E-state index contributed by atoms with van der Waals surface area (Å²) >= 11 is 0. The zero-order valence-electron chi connectivity index (χ0n) is 25.0. The van der Waals surface area contributed by atoms with Gasteiger partial charge in [-0.1, -0.05) is 108 Å². The van der Waals surface area contributed by atoms with Crippen molar-refractivity contribution in [3.63, 3.8) is 0 Å². The van der Waals surface area contributed by atoms with Gasteiger partial charge in [-0.05, 0) is 24.8 Å². The Morgan fingerprint density at radius 2 is 1.50 bits per heavy atom. The summed E-state index contributed by atoms with van der Waals surface area (Å²) in [5.41, 5.74) is -0.832. The molecule has 230 valence electrons. The van der Waals surface area contributed by atoms with Crippen LogP contribution in [0.5, 0.6) is 0 Å². The maximum Gasteiger partial charge on any atom is 0.343 e. The largest absolute Gasteiger partial charge is 0.726 e. The summed E-state index contributed by atoms with van der Waals surface area (Å²) in [5.74, 6) is -0.496. The molecule has 1 saturated carbocycles. The number of nitrogens with zero attached hydrogens (tertiary/aromatic N) is 1. The lowest BCUT2D eigenvalue weighted by Gasteiger charge is -2.33. The predicted octanol–water partition coefficient (Wildman–Crippen LogP) is 5.84. The van der Waals surface area contributed by atoms with Gasteiger partial charge < -0.3 is 18.9 Å². The van der Waals surface area contributed by atoms with Gasteiger partial charge in [-0.15, -0.1) is 0 Å². The van der Waals surface area contributed by atoms with Crippen LogP contribution in [-0.2, 0) is 29.7 Å². The van der Waals surface area contributed by atoms with Crippen molar-refractivity contribution in [2.24, 2.45) is 5.92 Å². The highest BCUT2D eigenvalue weighted by atomic mass is 32.3. The van der Waals surface area contributed by atoms with Crippen molar-refractivity contribution in [2.45, 2.75) is 115 Å². The molecule has 0 amide bonds. The predicted molar refractivity (Wildman–Crippen MR) is 156 cm³/mol. The van der Waals surface area contributed by atoms with E-state index in [-0.39, 0.29) is 18.6 Å². The molecule has 2 aliphatic rings. The van der Waals surface area contributed by atoms with Gasteiger partial charge in [-0.2, -0.15) is 0 Å². The van der Waals surface area contributed by atoms with Crippen LogP contribution in [-0.4, -0.2) is 68.4 Å². The van der Waals surface area contributed by atoms with Crippen molar-refractivity contribution in [1.29, 1.82) is 0 Å². The van der Waals surface area contributed by atoms with E-state index >= 15 is 0 Å². The molecule has 40 heavy (non-hydrogen) atoms. The zero-order chi connectivity index (χ0) is 29.5. The Bertz CT molecular complexity index is 948. The second kappa shape index (κ2) is 17.4. The molecule has 2 unspecified atom stereocenters. The number of esters is 1. The summed E-state index contributed by atoms with van der Waals surface area (Å²) in [6, 6.07) is 9.33. The Morgan fingerprint density at radius 1 is 0.950 bits per heavy atom. The molecule has 1 heterocycles. The molecule has 0 bridgehead atoms. The van der Waals surface area contributed by atoms with Gasteiger partial charge in [-0.25, -0.2) is 13.2 Å². The normalized spacial score (nSPS) is 20.5. The van der Waals surface area contributed by atoms with Crippen LogP contribution in [0.1, 0.15) is 109 Å². The van der Waals surface area contributed by atoms with Gasteiger partial charge >= 0.3 is 5.97 Å². The molecule has 1 aromatic carbocycles. The molecule has 0 spiro atoms. The van der Waals surface area contributed by atoms with Gasteiger partial charge in [0.05, 0.1) is 27.2 Å². The van der Waals surface area contributed by atoms with Crippen LogP contribution in [0.3, 0.4) is 0 Å². The van der Waals surface area contributed by atoms with Crippen molar-refractivity contribution < 1.29 is 36.3 Å². The lowest BCUT2D eigenvalue weighted by Crippen LogP contribution is -2.46. The number of aliphatic hydroxyl groups is 1. The molecule has 9 heteroatoms. The number of likely N-dealkylation sites (N-methyl/N-ethyl adjacent to an activating group) is 1. The summed E-state index contributed by atoms with van der Waals surface area (Å²) in [7, 11) is -0.190. The Morgan fingerprint density at radius 3 is 2.00 bits per heavy atom. The molecule has 2 fully saturated rings. The third-order valence-corrected chi connectivity index (χ3v) is 8.68. The highest BCUT2D eigenvalue weighted by Gasteiger charge is 2.49. The highest BCUT2D eigenvalue weighted by molar-refractivity contribution is 7.80. The van der Waals surface area contributed by atoms with E-state index in [2.05, 4.69) is 25.2 Å². The molecule has 0 aromatic heterocycles. The Balaban J connectivity index is 0.000000296. The van der Waals surface area contributed by atoms with Crippen molar-refractivity contribution in [3.8, 4) is 0 Å². The zero-order valence-corrected chi connectivity index (χ0v) is 25.8. The molecule has 3 rings (SSSR count). The number of hydrogen-bond acceptors (Lipinski definition) is 7. The maximum atomic E-state index is 12.9. The van der Waals surface area contributed by atoms with E-state index < -0.39 is 22.0 Å². The number of ether oxygens (including phenoxy) is 1. The minimum Gasteiger partial charge on any atom is -0.726 e. The van der Waals surface area contributed by atoms with Crippen LogP contribution < -0.4 is 0 Å². The van der Waals surface area contributed by atoms with Crippen molar-refractivity contribution in [3.05, 3.63) is 35.9 Å². The first-order valence-electron chi connectivity index (χ1n) is 15.4. The van der Waals surface area contributed by atoms with E-state index in [1.807, 2.05) is 30.3 Å². The lowest BCUT2D eigenvalue weighted by molar-refractivity contribution is -0.879. The molecule has 1 saturated heterocycles. The van der Waals surface area contributed by atoms with Crippen molar-refractivity contribution >= 4 is 16.4 Å². The van der Waals surface area contributed by atoms with Gasteiger partial charge in [0.1, 0.15) is 6.54 Å². The second-order valence-corrected chi connectivity index (χ2v) is 13.2. The summed E-state index contributed by atoms with van der Waals surface area (Å²) in [6.45, 7) is 4.07. The monoisotopic (exact) mass is 583 g/mol. The third-order valence-electron chi connectivity index (χ3n) is 8.22. The molecule has 8 nitrogen and oxygen atoms in total. The molecular formula is C31H53NO7S. The lowest BCUT2D eigenvalue weighted by atomic mass is 9.80. The summed E-state index contributed by atoms with van der Waals surface area (Å²) in [4.78, 5) is 12.9. The average molecular weight is 584 g/mol. The fraction of sp³-hybridized carbons (Fsp3) is 0.774. The van der Waals surface area contributed by atoms with Crippen LogP contribution in [0.15, 0.2) is 30.3 Å². The quantitative estimate of drug-likeness (QED) is 0.0855. The van der Waals surface area contributed by atoms with E-state index in [1.54, 1.807) is 0 Å². The van der Waals surface area contributed by atoms with Gasteiger partial charge in [0.15, 0.2) is 11.7 Å². The number of benzene rings is 1. The summed E-state index contributed by atoms with van der Waals surface area (Å²) < 4.78 is 41.1. The number of carbonyl (C=O) groups excluding carboxylic acids is 1. The SMILES string of the molecule is CCCCCCCCCCCCOS(=O)(=O)[O-].C[N+]1(C)CCC(OC(=O)C(O)(c2ccccc2)C2CCCC2)C1. The van der Waals surface area contributed by atoms with E-state index in [0.717, 1.165) is 62.5 Å². The smallest absolute Gasteiger partial charge is 0.343 e. The van der Waals surface area contributed by atoms with Gasteiger partial charge in [0.2, 0.25) is 10.4 Å². The minimum absolute atomic E-state index is 0.0301. The number of hydrogen-bond donors (Lipinski definition) is 1. The fourth-order valence-corrected chi connectivity index (χ4v) is 6.19. The van der Waals surface area contributed by atoms with E-state index in [0.29, 0.717) is 12.0 Å². The Labute approximate surface area is 243 Å². The van der Waals surface area contributed by atoms with Crippen molar-refractivity contribution in [2.75, 3.05) is 33.8 Å². The number of unbranched alkanes of at least 4 members (excludes halogenated alkanes) is 9. The first-order valence-corrected chi connectivity index (χ1v) is 16.7. The van der Waals surface area contributed by atoms with Crippen molar-refractivity contribution in [1.82, 2.24) is 0 Å². The van der Waals surface area contributed by atoms with Crippen LogP contribution in [0.25, 0.3) is 0 Å². The standard InChI is InChI=1S/C19H28NO3.C12H26O4S/c1-20(2)13-12-17(14-20)23-18(21)19(22,16-10-6-7-11-16)15-8-4-3-5-9-15;1-2-3-4-5-6-7-8-9-10-11-12-16-17(13,14)15/h3-5,8-9,16-17,22H,6-7,10-14H2,1-2H3;2-12H2,1H3,(H,13,14,15)/q+1;/p-1. The summed E-state index contributed by atoms with van der Waals surface area (Å²) in [6.07, 6.45) is 16.4. The van der Waals surface area contributed by atoms with Gasteiger partial charge in [0.25, 0.3) is 0 Å². The van der Waals surface area contributed by atoms with E-state index in [9.17, 15) is 22.9 Å². The first-order chi connectivity index (χ1) is 19.0. The molecular weight excluding hydrogens is 530 g/mol. The van der Waals surface area contributed by atoms with E-state index in [4.69, 9.17) is 4.74 Å². The highest BCUT2D eigenvalue weighted by Crippen LogP contribution is 2.42. The molecule has 1 aliphatic heterocycles. The number of rotatable bonds is 16. The number of carbonyl (C=O) groups is 1. The Kier molecular flexibility index (Phi) is 15.1. The van der Waals surface area contributed by atoms with Crippen LogP contribution in [0, 0.1) is 5.92 Å². The first kappa shape index (κ1) is 34.7. The van der Waals surface area contributed by atoms with Crippen LogP contribution >= 0.6 is 0 Å².